The van der Waals surface area contributed by atoms with Gasteiger partial charge in [-0.1, -0.05) is 19.9 Å². The van der Waals surface area contributed by atoms with Gasteiger partial charge in [-0.05, 0) is 73.6 Å². The molecule has 2 aromatic carbocycles. The molecule has 44 heavy (non-hydrogen) atoms. The average molecular weight is 624 g/mol. The van der Waals surface area contributed by atoms with E-state index in [4.69, 9.17) is 0 Å². The summed E-state index contributed by atoms with van der Waals surface area (Å²) in [5.74, 6) is 0.0538. The van der Waals surface area contributed by atoms with E-state index >= 15 is 4.39 Å². The Kier molecular flexibility index (Phi) is 8.91. The molecule has 0 bridgehead atoms. The van der Waals surface area contributed by atoms with Gasteiger partial charge in [0, 0.05) is 55.6 Å². The number of aliphatic hydroxyl groups is 1. The van der Waals surface area contributed by atoms with Gasteiger partial charge in [-0.15, -0.1) is 0 Å². The molecular formula is C33H39F2N5O3S. The first-order valence-corrected chi connectivity index (χ1v) is 16.3. The van der Waals surface area contributed by atoms with Crippen molar-refractivity contribution in [1.82, 2.24) is 14.5 Å². The predicted molar refractivity (Wildman–Crippen MR) is 171 cm³/mol. The summed E-state index contributed by atoms with van der Waals surface area (Å²) in [6.07, 6.45) is 6.58. The summed E-state index contributed by atoms with van der Waals surface area (Å²) >= 11 is 0. The van der Waals surface area contributed by atoms with Crippen molar-refractivity contribution in [3.63, 3.8) is 0 Å². The number of hydrogen-bond donors (Lipinski definition) is 2. The van der Waals surface area contributed by atoms with E-state index < -0.39 is 33.9 Å². The van der Waals surface area contributed by atoms with Crippen LogP contribution in [0.2, 0.25) is 0 Å². The minimum Gasteiger partial charge on any atom is -0.395 e. The zero-order valence-electron chi connectivity index (χ0n) is 25.9. The molecule has 8 nitrogen and oxygen atoms in total. The third-order valence-corrected chi connectivity index (χ3v) is 9.57. The molecule has 1 saturated heterocycles. The number of nitrogens with one attached hydrogen (secondary N) is 1. The topological polar surface area (TPSA) is 100 Å². The molecule has 0 radical (unpaired) electrons. The Morgan fingerprint density at radius 1 is 1.14 bits per heavy atom. The van der Waals surface area contributed by atoms with Crippen molar-refractivity contribution in [3.05, 3.63) is 87.2 Å². The van der Waals surface area contributed by atoms with Crippen LogP contribution in [0.5, 0.6) is 0 Å². The lowest BCUT2D eigenvalue weighted by Crippen LogP contribution is -2.38. The second-order valence-corrected chi connectivity index (χ2v) is 13.7. The molecule has 3 heterocycles. The van der Waals surface area contributed by atoms with Crippen LogP contribution in [0.3, 0.4) is 0 Å². The maximum atomic E-state index is 16.7. The number of halogens is 2. The summed E-state index contributed by atoms with van der Waals surface area (Å²) in [7, 11) is 0.153. The highest BCUT2D eigenvalue weighted by Crippen LogP contribution is 2.36. The molecule has 0 spiro atoms. The van der Waals surface area contributed by atoms with Crippen LogP contribution >= 0.6 is 0 Å². The number of hydrogen-bond acceptors (Lipinski definition) is 7. The summed E-state index contributed by atoms with van der Waals surface area (Å²) in [5, 5.41) is 13.4. The minimum atomic E-state index is -1.45. The van der Waals surface area contributed by atoms with E-state index in [0.717, 1.165) is 24.0 Å². The van der Waals surface area contributed by atoms with Crippen molar-refractivity contribution in [1.29, 1.82) is 0 Å². The SMILES string of the molecule is Cc1cc([C@@H](C)Nc2ccc(F)cc2S(C)=O)c2c(F)c(N3CCC(c4cnc(C(C)(C)CO)nc4)CC3)n(C)c(=O)c2c1. The third-order valence-electron chi connectivity index (χ3n) is 8.61. The van der Waals surface area contributed by atoms with Crippen molar-refractivity contribution in [3.8, 4) is 0 Å². The fourth-order valence-corrected chi connectivity index (χ4v) is 6.73. The van der Waals surface area contributed by atoms with Crippen LogP contribution in [0.1, 0.15) is 68.1 Å². The Morgan fingerprint density at radius 2 is 1.80 bits per heavy atom. The van der Waals surface area contributed by atoms with Crippen LogP contribution in [0, 0.1) is 18.6 Å². The molecule has 1 fully saturated rings. The molecule has 0 amide bonds. The van der Waals surface area contributed by atoms with Gasteiger partial charge >= 0.3 is 0 Å². The van der Waals surface area contributed by atoms with Gasteiger partial charge in [0.1, 0.15) is 17.5 Å². The highest BCUT2D eigenvalue weighted by molar-refractivity contribution is 7.84. The Hall–Kier alpha value is -3.70. The number of aryl methyl sites for hydroxylation is 1. The molecule has 2 atom stereocenters. The number of aliphatic hydroxyl groups excluding tert-OH is 1. The number of benzene rings is 2. The fraction of sp³-hybridized carbons (Fsp3) is 0.424. The number of fused-ring (bicyclic) bond motifs is 1. The average Bonchev–Trinajstić information content (AvgIpc) is 3.00. The molecule has 1 aliphatic heterocycles. The van der Waals surface area contributed by atoms with Crippen LogP contribution in [0.25, 0.3) is 10.8 Å². The molecule has 4 aromatic rings. The van der Waals surface area contributed by atoms with Gasteiger partial charge in [0.15, 0.2) is 5.82 Å². The summed E-state index contributed by atoms with van der Waals surface area (Å²) in [6.45, 7) is 8.51. The molecule has 1 unspecified atom stereocenters. The standard InChI is InChI=1S/C33H39F2N5O3S/c1-19-13-24(20(2)38-26-8-7-23(34)15-27(26)44(6)43)28-25(14-19)31(42)39(5)30(29(28)35)40-11-9-21(10-12-40)22-16-36-32(37-17-22)33(3,4)18-41/h7-8,13-17,20-21,38,41H,9-12,18H2,1-6H3/t20-,44?/m1/s1. The predicted octanol–water partition coefficient (Wildman–Crippen LogP) is 5.48. The van der Waals surface area contributed by atoms with Gasteiger partial charge < -0.3 is 15.3 Å². The number of anilines is 2. The van der Waals surface area contributed by atoms with Gasteiger partial charge in [-0.2, -0.15) is 0 Å². The first-order chi connectivity index (χ1) is 20.8. The molecule has 5 rings (SSSR count). The van der Waals surface area contributed by atoms with Crippen LogP contribution < -0.4 is 15.8 Å². The zero-order valence-corrected chi connectivity index (χ0v) is 26.8. The highest BCUT2D eigenvalue weighted by Gasteiger charge is 2.29. The second-order valence-electron chi connectivity index (χ2n) is 12.4. The molecule has 0 aliphatic carbocycles. The van der Waals surface area contributed by atoms with E-state index in [1.54, 1.807) is 13.1 Å². The number of piperidine rings is 1. The van der Waals surface area contributed by atoms with Crippen LogP contribution in [-0.2, 0) is 23.3 Å². The van der Waals surface area contributed by atoms with E-state index in [1.165, 1.54) is 29.0 Å². The summed E-state index contributed by atoms with van der Waals surface area (Å²) in [6, 6.07) is 7.12. The third kappa shape index (κ3) is 5.99. The Labute approximate surface area is 258 Å². The summed E-state index contributed by atoms with van der Waals surface area (Å²) < 4.78 is 44.3. The Balaban J connectivity index is 1.47. The molecule has 1 aliphatic rings. The second kappa shape index (κ2) is 12.4. The van der Waals surface area contributed by atoms with Gasteiger partial charge in [0.25, 0.3) is 5.56 Å². The lowest BCUT2D eigenvalue weighted by atomic mass is 9.90. The fourth-order valence-electron chi connectivity index (χ4n) is 6.01. The van der Waals surface area contributed by atoms with Gasteiger partial charge in [-0.25, -0.2) is 18.7 Å². The van der Waals surface area contributed by atoms with E-state index in [2.05, 4.69) is 15.3 Å². The molecule has 2 aromatic heterocycles. The Morgan fingerprint density at radius 3 is 2.41 bits per heavy atom. The van der Waals surface area contributed by atoms with Crippen LogP contribution in [-0.4, -0.2) is 49.8 Å². The van der Waals surface area contributed by atoms with Crippen molar-refractivity contribution >= 4 is 33.1 Å². The summed E-state index contributed by atoms with van der Waals surface area (Å²) in [5.41, 5.74) is 2.06. The van der Waals surface area contributed by atoms with Gasteiger partial charge in [0.2, 0.25) is 0 Å². The van der Waals surface area contributed by atoms with E-state index in [-0.39, 0.29) is 34.7 Å². The normalized spacial score (nSPS) is 15.9. The van der Waals surface area contributed by atoms with Gasteiger partial charge in [-0.3, -0.25) is 13.6 Å². The monoisotopic (exact) mass is 623 g/mol. The smallest absolute Gasteiger partial charge is 0.259 e. The lowest BCUT2D eigenvalue weighted by Gasteiger charge is -2.35. The number of rotatable bonds is 8. The molecule has 0 saturated carbocycles. The maximum absolute atomic E-state index is 16.7. The lowest BCUT2D eigenvalue weighted by molar-refractivity contribution is 0.211. The van der Waals surface area contributed by atoms with Crippen LogP contribution in [0.4, 0.5) is 20.3 Å². The molecule has 2 N–H and O–H groups in total. The van der Waals surface area contributed by atoms with E-state index in [9.17, 15) is 18.5 Å². The van der Waals surface area contributed by atoms with E-state index in [1.807, 2.05) is 51.1 Å². The van der Waals surface area contributed by atoms with E-state index in [0.29, 0.717) is 35.1 Å². The highest BCUT2D eigenvalue weighted by atomic mass is 32.2. The molecular weight excluding hydrogens is 584 g/mol. The molecule has 234 valence electrons. The van der Waals surface area contributed by atoms with Crippen molar-refractivity contribution in [2.24, 2.45) is 7.05 Å². The molecule has 11 heteroatoms. The minimum absolute atomic E-state index is 0.0518. The number of aromatic nitrogens is 3. The van der Waals surface area contributed by atoms with Gasteiger partial charge in [0.05, 0.1) is 33.4 Å². The van der Waals surface area contributed by atoms with Crippen molar-refractivity contribution in [2.75, 3.05) is 36.2 Å². The number of nitrogens with zero attached hydrogens (tertiary/aromatic N) is 4. The maximum Gasteiger partial charge on any atom is 0.259 e. The quantitative estimate of drug-likeness (QED) is 0.268. The number of pyridine rings is 1. The van der Waals surface area contributed by atoms with Crippen LogP contribution in [0.15, 0.2) is 52.4 Å². The first-order valence-electron chi connectivity index (χ1n) is 14.7. The first kappa shape index (κ1) is 31.7. The largest absolute Gasteiger partial charge is 0.395 e. The zero-order chi connectivity index (χ0) is 31.9. The van der Waals surface area contributed by atoms with Crippen molar-refractivity contribution < 1.29 is 18.1 Å². The van der Waals surface area contributed by atoms with Crippen molar-refractivity contribution in [2.45, 2.75) is 62.8 Å². The Bertz CT molecular complexity index is 1780. The summed E-state index contributed by atoms with van der Waals surface area (Å²) in [4.78, 5) is 24.9.